The van der Waals surface area contributed by atoms with Crippen molar-refractivity contribution in [3.05, 3.63) is 11.9 Å². The van der Waals surface area contributed by atoms with E-state index >= 15 is 0 Å². The molecule has 1 atom stereocenters. The van der Waals surface area contributed by atoms with E-state index in [2.05, 4.69) is 10.4 Å². The van der Waals surface area contributed by atoms with Crippen LogP contribution in [0.15, 0.2) is 11.1 Å². The van der Waals surface area contributed by atoms with Gasteiger partial charge in [0.2, 0.25) is 15.9 Å². The van der Waals surface area contributed by atoms with Crippen molar-refractivity contribution in [2.75, 3.05) is 13.1 Å². The van der Waals surface area contributed by atoms with E-state index < -0.39 is 22.0 Å². The third-order valence-corrected chi connectivity index (χ3v) is 5.12. The highest BCUT2D eigenvalue weighted by atomic mass is 32.2. The van der Waals surface area contributed by atoms with Gasteiger partial charge < -0.3 is 10.4 Å². The molecule has 0 fully saturated rings. The second kappa shape index (κ2) is 6.88. The van der Waals surface area contributed by atoms with Crippen molar-refractivity contribution < 1.29 is 23.1 Å². The number of hydrogen-bond donors (Lipinski definition) is 2. The van der Waals surface area contributed by atoms with E-state index in [4.69, 9.17) is 5.11 Å². The summed E-state index contributed by atoms with van der Waals surface area (Å²) in [6.07, 6.45) is 1.32. The Labute approximate surface area is 129 Å². The van der Waals surface area contributed by atoms with Crippen LogP contribution in [0.1, 0.15) is 19.5 Å². The van der Waals surface area contributed by atoms with Gasteiger partial charge in [0.25, 0.3) is 0 Å². The van der Waals surface area contributed by atoms with Crippen LogP contribution in [0.4, 0.5) is 0 Å². The fourth-order valence-electron chi connectivity index (χ4n) is 1.94. The number of aromatic nitrogens is 2. The minimum Gasteiger partial charge on any atom is -0.480 e. The highest BCUT2D eigenvalue weighted by molar-refractivity contribution is 7.89. The Hall–Kier alpha value is -1.94. The number of hydrogen-bond acceptors (Lipinski definition) is 5. The van der Waals surface area contributed by atoms with Crippen LogP contribution in [0, 0.1) is 6.92 Å². The van der Waals surface area contributed by atoms with E-state index in [0.29, 0.717) is 0 Å². The lowest BCUT2D eigenvalue weighted by molar-refractivity contribution is -0.140. The molecule has 124 valence electrons. The molecule has 0 saturated carbocycles. The van der Waals surface area contributed by atoms with E-state index in [-0.39, 0.29) is 29.6 Å². The minimum absolute atomic E-state index is 0.0193. The molecular weight excluding hydrogens is 312 g/mol. The molecule has 0 spiro atoms. The summed E-state index contributed by atoms with van der Waals surface area (Å²) in [4.78, 5) is 22.0. The predicted molar refractivity (Wildman–Crippen MR) is 77.6 cm³/mol. The summed E-state index contributed by atoms with van der Waals surface area (Å²) in [5.74, 6) is -1.59. The monoisotopic (exact) mass is 332 g/mol. The average Bonchev–Trinajstić information content (AvgIpc) is 2.73. The van der Waals surface area contributed by atoms with Crippen LogP contribution in [0.2, 0.25) is 0 Å². The Morgan fingerprint density at radius 3 is 2.50 bits per heavy atom. The molecule has 9 nitrogen and oxygen atoms in total. The van der Waals surface area contributed by atoms with E-state index in [0.717, 1.165) is 4.31 Å². The number of nitrogens with one attached hydrogen (secondary N) is 1. The zero-order valence-corrected chi connectivity index (χ0v) is 13.7. The first-order valence-corrected chi connectivity index (χ1v) is 8.00. The fourth-order valence-corrected chi connectivity index (χ4v) is 3.74. The largest absolute Gasteiger partial charge is 0.480 e. The standard InChI is InChI=1S/C12H20N4O5S/c1-8-11(7-15(4)14-8)22(20,21)16(9(2)12(18)19)6-5-13-10(3)17/h7,9H,5-6H2,1-4H3,(H,13,17)(H,18,19). The second-order valence-corrected chi connectivity index (χ2v) is 6.72. The van der Waals surface area contributed by atoms with Crippen LogP contribution >= 0.6 is 0 Å². The lowest BCUT2D eigenvalue weighted by atomic mass is 10.3. The molecule has 0 aliphatic rings. The van der Waals surface area contributed by atoms with E-state index in [1.54, 1.807) is 7.05 Å². The van der Waals surface area contributed by atoms with Crippen molar-refractivity contribution in [1.29, 1.82) is 0 Å². The van der Waals surface area contributed by atoms with Gasteiger partial charge in [-0.15, -0.1) is 0 Å². The number of nitrogens with zero attached hydrogens (tertiary/aromatic N) is 3. The van der Waals surface area contributed by atoms with Gasteiger partial charge in [0.05, 0.1) is 5.69 Å². The minimum atomic E-state index is -4.04. The maximum Gasteiger partial charge on any atom is 0.321 e. The number of sulfonamides is 1. The molecule has 0 aliphatic heterocycles. The molecule has 2 N–H and O–H groups in total. The molecular formula is C12H20N4O5S. The first-order valence-electron chi connectivity index (χ1n) is 6.56. The molecule has 1 heterocycles. The quantitative estimate of drug-likeness (QED) is 0.683. The predicted octanol–water partition coefficient (Wildman–Crippen LogP) is -0.672. The maximum absolute atomic E-state index is 12.7. The summed E-state index contributed by atoms with van der Waals surface area (Å²) in [7, 11) is -2.46. The summed E-state index contributed by atoms with van der Waals surface area (Å²) in [5.41, 5.74) is 0.282. The Balaban J connectivity index is 3.15. The van der Waals surface area contributed by atoms with Crippen LogP contribution in [-0.2, 0) is 26.7 Å². The molecule has 0 aliphatic carbocycles. The number of amides is 1. The number of carbonyl (C=O) groups excluding carboxylic acids is 1. The van der Waals surface area contributed by atoms with Crippen molar-refractivity contribution in [1.82, 2.24) is 19.4 Å². The van der Waals surface area contributed by atoms with Gasteiger partial charge in [-0.3, -0.25) is 14.3 Å². The van der Waals surface area contributed by atoms with Gasteiger partial charge in [-0.1, -0.05) is 0 Å². The highest BCUT2D eigenvalue weighted by Gasteiger charge is 2.34. The number of carboxylic acid groups (broad SMARTS) is 1. The molecule has 10 heteroatoms. The van der Waals surface area contributed by atoms with Crippen LogP contribution in [0.25, 0.3) is 0 Å². The summed E-state index contributed by atoms with van der Waals surface area (Å²) >= 11 is 0. The number of aliphatic carboxylic acids is 1. The van der Waals surface area contributed by atoms with Crippen LogP contribution < -0.4 is 5.32 Å². The van der Waals surface area contributed by atoms with Crippen molar-refractivity contribution in [2.45, 2.75) is 31.7 Å². The summed E-state index contributed by atoms with van der Waals surface area (Å²) in [6, 6.07) is -1.27. The van der Waals surface area contributed by atoms with Gasteiger partial charge in [0.15, 0.2) is 0 Å². The van der Waals surface area contributed by atoms with E-state index in [9.17, 15) is 18.0 Å². The van der Waals surface area contributed by atoms with E-state index in [1.807, 2.05) is 0 Å². The van der Waals surface area contributed by atoms with Crippen molar-refractivity contribution in [3.63, 3.8) is 0 Å². The Morgan fingerprint density at radius 2 is 2.09 bits per heavy atom. The molecule has 1 aromatic rings. The molecule has 0 bridgehead atoms. The third-order valence-electron chi connectivity index (χ3n) is 3.05. The molecule has 0 aromatic carbocycles. The van der Waals surface area contributed by atoms with Crippen molar-refractivity contribution in [3.8, 4) is 0 Å². The number of carbonyl (C=O) groups is 2. The Bertz CT molecular complexity index is 667. The molecule has 1 amide bonds. The van der Waals surface area contributed by atoms with Gasteiger partial charge in [-0.2, -0.15) is 9.40 Å². The second-order valence-electron chi connectivity index (χ2n) is 4.87. The van der Waals surface area contributed by atoms with Crippen LogP contribution in [0.5, 0.6) is 0 Å². The zero-order valence-electron chi connectivity index (χ0n) is 12.9. The summed E-state index contributed by atoms with van der Waals surface area (Å²) < 4.78 is 27.6. The summed E-state index contributed by atoms with van der Waals surface area (Å²) in [5, 5.41) is 15.6. The number of carboxylic acids is 1. The average molecular weight is 332 g/mol. The number of rotatable bonds is 7. The molecule has 1 rings (SSSR count). The summed E-state index contributed by atoms with van der Waals surface area (Å²) in [6.45, 7) is 3.98. The molecule has 0 saturated heterocycles. The van der Waals surface area contributed by atoms with Gasteiger partial charge in [-0.25, -0.2) is 8.42 Å². The number of aryl methyl sites for hydroxylation is 2. The van der Waals surface area contributed by atoms with Gasteiger partial charge >= 0.3 is 5.97 Å². The Kier molecular flexibility index (Phi) is 5.66. The molecule has 22 heavy (non-hydrogen) atoms. The van der Waals surface area contributed by atoms with Crippen LogP contribution in [0.3, 0.4) is 0 Å². The van der Waals surface area contributed by atoms with Gasteiger partial charge in [0, 0.05) is 33.3 Å². The molecule has 1 aromatic heterocycles. The van der Waals surface area contributed by atoms with Crippen molar-refractivity contribution >= 4 is 21.9 Å². The van der Waals surface area contributed by atoms with Crippen LogP contribution in [-0.4, -0.2) is 58.6 Å². The van der Waals surface area contributed by atoms with E-state index in [1.165, 1.54) is 31.6 Å². The SMILES string of the molecule is CC(=O)NCCN(C(C)C(=O)O)S(=O)(=O)c1cn(C)nc1C. The maximum atomic E-state index is 12.7. The zero-order chi connectivity index (χ0) is 17.1. The smallest absolute Gasteiger partial charge is 0.321 e. The lowest BCUT2D eigenvalue weighted by Crippen LogP contribution is -2.46. The lowest BCUT2D eigenvalue weighted by Gasteiger charge is -2.25. The first kappa shape index (κ1) is 18.1. The molecule has 0 radical (unpaired) electrons. The Morgan fingerprint density at radius 1 is 1.50 bits per heavy atom. The third kappa shape index (κ3) is 4.04. The highest BCUT2D eigenvalue weighted by Crippen LogP contribution is 2.20. The fraction of sp³-hybridized carbons (Fsp3) is 0.583. The first-order chi connectivity index (χ1) is 10.1. The van der Waals surface area contributed by atoms with Gasteiger partial charge in [0.1, 0.15) is 10.9 Å². The topological polar surface area (TPSA) is 122 Å². The molecule has 1 unspecified atom stereocenters. The van der Waals surface area contributed by atoms with Gasteiger partial charge in [-0.05, 0) is 13.8 Å². The normalized spacial score (nSPS) is 13.1. The van der Waals surface area contributed by atoms with Crippen molar-refractivity contribution in [2.24, 2.45) is 7.05 Å².